The molecule has 0 bridgehead atoms. The third-order valence-electron chi connectivity index (χ3n) is 7.34. The highest BCUT2D eigenvalue weighted by Gasteiger charge is 2.41. The maximum absolute atomic E-state index is 14.2. The van der Waals surface area contributed by atoms with Crippen molar-refractivity contribution in [1.82, 2.24) is 4.72 Å². The summed E-state index contributed by atoms with van der Waals surface area (Å²) in [6.07, 6.45) is -2.62. The van der Waals surface area contributed by atoms with Crippen LogP contribution in [0.2, 0.25) is 5.02 Å². The molecular formula is C33H39ClN2O8S2. The van der Waals surface area contributed by atoms with Crippen LogP contribution < -0.4 is 19.1 Å². The van der Waals surface area contributed by atoms with E-state index in [0.717, 1.165) is 4.90 Å². The first-order chi connectivity index (χ1) is 21.9. The second-order valence-electron chi connectivity index (χ2n) is 11.6. The van der Waals surface area contributed by atoms with Crippen molar-refractivity contribution in [2.45, 2.75) is 43.8 Å². The number of aliphatic hydroxyl groups excluding tert-OH is 1. The molecule has 3 aromatic rings. The molecule has 1 aliphatic rings. The molecule has 2 unspecified atom stereocenters. The first-order valence-corrected chi connectivity index (χ1v) is 17.7. The molecule has 0 saturated carbocycles. The number of hydrogen-bond acceptors (Lipinski definition) is 9. The number of nitrogens with one attached hydrogen (secondary N) is 1. The monoisotopic (exact) mass is 690 g/mol. The molecule has 0 aromatic heterocycles. The van der Waals surface area contributed by atoms with E-state index in [2.05, 4.69) is 4.72 Å². The van der Waals surface area contributed by atoms with Crippen LogP contribution in [0.25, 0.3) is 0 Å². The highest BCUT2D eigenvalue weighted by Crippen LogP contribution is 2.45. The fraction of sp³-hybridized carbons (Fsp3) is 0.394. The molecule has 1 aliphatic heterocycles. The van der Waals surface area contributed by atoms with Crippen LogP contribution in [0.5, 0.6) is 11.5 Å². The van der Waals surface area contributed by atoms with E-state index < -0.39 is 45.9 Å². The second kappa shape index (κ2) is 15.5. The number of fused-ring (bicyclic) bond motifs is 1. The number of hydrogen-bond donors (Lipinski definition) is 2. The molecule has 10 nitrogen and oxygen atoms in total. The van der Waals surface area contributed by atoms with Crippen molar-refractivity contribution >= 4 is 50.9 Å². The third kappa shape index (κ3) is 8.95. The molecule has 1 heterocycles. The van der Waals surface area contributed by atoms with Gasteiger partial charge in [-0.25, -0.2) is 8.42 Å². The SMILES string of the molecule is COc1cccc(C2OC(CC(=O)NS(=O)(=O)CCCSc3ccccc3)C(=O)N(CC(C)(C)CO)c3ccc(Cl)cc32)c1OC. The Morgan fingerprint density at radius 3 is 2.48 bits per heavy atom. The second-order valence-corrected chi connectivity index (χ2v) is 15.0. The summed E-state index contributed by atoms with van der Waals surface area (Å²) in [5, 5.41) is 10.5. The Kier molecular flexibility index (Phi) is 12.0. The van der Waals surface area contributed by atoms with Crippen LogP contribution in [0, 0.1) is 5.41 Å². The molecule has 0 aliphatic carbocycles. The van der Waals surface area contributed by atoms with Crippen LogP contribution in [0.15, 0.2) is 71.6 Å². The number of thioether (sulfide) groups is 1. The number of carbonyl (C=O) groups excluding carboxylic acids is 2. The highest BCUT2D eigenvalue weighted by molar-refractivity contribution is 7.99. The van der Waals surface area contributed by atoms with Crippen molar-refractivity contribution < 1.29 is 37.3 Å². The summed E-state index contributed by atoms with van der Waals surface area (Å²) in [6.45, 7) is 3.46. The predicted molar refractivity (Wildman–Crippen MR) is 179 cm³/mol. The van der Waals surface area contributed by atoms with E-state index in [9.17, 15) is 23.1 Å². The van der Waals surface area contributed by atoms with Gasteiger partial charge in [-0.05, 0) is 48.6 Å². The van der Waals surface area contributed by atoms with Crippen LogP contribution in [0.3, 0.4) is 0 Å². The summed E-state index contributed by atoms with van der Waals surface area (Å²) in [6, 6.07) is 19.8. The van der Waals surface area contributed by atoms with E-state index >= 15 is 0 Å². The van der Waals surface area contributed by atoms with Gasteiger partial charge in [0.05, 0.1) is 26.4 Å². The summed E-state index contributed by atoms with van der Waals surface area (Å²) in [5.41, 5.74) is 0.772. The molecule has 46 heavy (non-hydrogen) atoms. The van der Waals surface area contributed by atoms with Gasteiger partial charge in [-0.2, -0.15) is 0 Å². The van der Waals surface area contributed by atoms with E-state index in [-0.39, 0.29) is 18.9 Å². The van der Waals surface area contributed by atoms with Gasteiger partial charge < -0.3 is 24.2 Å². The Hall–Kier alpha value is -3.29. The van der Waals surface area contributed by atoms with Crippen molar-refractivity contribution in [2.24, 2.45) is 5.41 Å². The first kappa shape index (κ1) is 35.6. The number of rotatable bonds is 14. The Morgan fingerprint density at radius 1 is 1.07 bits per heavy atom. The first-order valence-electron chi connectivity index (χ1n) is 14.7. The van der Waals surface area contributed by atoms with Crippen LogP contribution in [0.4, 0.5) is 5.69 Å². The molecule has 4 rings (SSSR count). The number of benzene rings is 3. The predicted octanol–water partition coefficient (Wildman–Crippen LogP) is 5.22. The molecule has 2 N–H and O–H groups in total. The molecule has 248 valence electrons. The highest BCUT2D eigenvalue weighted by atomic mass is 35.5. The minimum absolute atomic E-state index is 0.0811. The van der Waals surface area contributed by atoms with Gasteiger partial charge in [-0.3, -0.25) is 14.3 Å². The topological polar surface area (TPSA) is 131 Å². The molecular weight excluding hydrogens is 652 g/mol. The summed E-state index contributed by atoms with van der Waals surface area (Å²) in [5.74, 6) is -0.382. The van der Waals surface area contributed by atoms with Gasteiger partial charge in [-0.1, -0.05) is 55.8 Å². The van der Waals surface area contributed by atoms with E-state index in [1.54, 1.807) is 50.2 Å². The number of carbonyl (C=O) groups is 2. The average molecular weight is 691 g/mol. The fourth-order valence-electron chi connectivity index (χ4n) is 5.10. The van der Waals surface area contributed by atoms with Gasteiger partial charge in [0, 0.05) is 45.3 Å². The summed E-state index contributed by atoms with van der Waals surface area (Å²) >= 11 is 7.97. The molecule has 0 spiro atoms. The Labute approximate surface area is 279 Å². The minimum Gasteiger partial charge on any atom is -0.493 e. The largest absolute Gasteiger partial charge is 0.493 e. The average Bonchev–Trinajstić information content (AvgIpc) is 3.13. The summed E-state index contributed by atoms with van der Waals surface area (Å²) < 4.78 is 45.4. The Bertz CT molecular complexity index is 1640. The molecule has 0 fully saturated rings. The lowest BCUT2D eigenvalue weighted by Gasteiger charge is -2.32. The zero-order chi connectivity index (χ0) is 33.5. The van der Waals surface area contributed by atoms with E-state index in [1.165, 1.54) is 30.9 Å². The van der Waals surface area contributed by atoms with Crippen LogP contribution in [-0.2, 0) is 24.3 Å². The number of para-hydroxylation sites is 1. The van der Waals surface area contributed by atoms with E-state index in [1.807, 2.05) is 30.3 Å². The number of aliphatic hydroxyl groups is 1. The van der Waals surface area contributed by atoms with E-state index in [4.69, 9.17) is 25.8 Å². The van der Waals surface area contributed by atoms with Crippen molar-refractivity contribution in [3.05, 3.63) is 82.9 Å². The van der Waals surface area contributed by atoms with Crippen molar-refractivity contribution in [2.75, 3.05) is 43.8 Å². The number of sulfonamides is 1. The van der Waals surface area contributed by atoms with Gasteiger partial charge in [0.1, 0.15) is 12.2 Å². The molecule has 0 radical (unpaired) electrons. The van der Waals surface area contributed by atoms with Crippen LogP contribution in [-0.4, -0.2) is 70.3 Å². The number of methoxy groups -OCH3 is 2. The number of amides is 2. The van der Waals surface area contributed by atoms with Crippen LogP contribution >= 0.6 is 23.4 Å². The normalized spacial score (nSPS) is 16.8. The fourth-order valence-corrected chi connectivity index (χ4v) is 7.39. The van der Waals surface area contributed by atoms with Crippen molar-refractivity contribution in [3.8, 4) is 11.5 Å². The number of halogens is 1. The van der Waals surface area contributed by atoms with Crippen LogP contribution in [0.1, 0.15) is 43.9 Å². The number of nitrogens with zero attached hydrogens (tertiary/aromatic N) is 1. The van der Waals surface area contributed by atoms with Gasteiger partial charge in [0.15, 0.2) is 11.5 Å². The maximum Gasteiger partial charge on any atom is 0.256 e. The lowest BCUT2D eigenvalue weighted by Crippen LogP contribution is -2.47. The molecule has 3 aromatic carbocycles. The molecule has 2 atom stereocenters. The lowest BCUT2D eigenvalue weighted by molar-refractivity contribution is -0.137. The van der Waals surface area contributed by atoms with Gasteiger partial charge in [0.2, 0.25) is 15.9 Å². The smallest absolute Gasteiger partial charge is 0.256 e. The maximum atomic E-state index is 14.2. The van der Waals surface area contributed by atoms with Gasteiger partial charge >= 0.3 is 0 Å². The molecule has 13 heteroatoms. The van der Waals surface area contributed by atoms with Gasteiger partial charge in [-0.15, -0.1) is 11.8 Å². The van der Waals surface area contributed by atoms with Gasteiger partial charge in [0.25, 0.3) is 5.91 Å². The summed E-state index contributed by atoms with van der Waals surface area (Å²) in [4.78, 5) is 29.9. The van der Waals surface area contributed by atoms with Crippen molar-refractivity contribution in [3.63, 3.8) is 0 Å². The standard InChI is InChI=1S/C33H39ClN2O8S2/c1-33(2,21-37)20-36-26-15-14-22(34)18-25(26)30(24-12-8-13-27(42-3)31(24)43-4)44-28(32(36)39)19-29(38)35-46(40,41)17-9-16-45-23-10-6-5-7-11-23/h5-8,10-15,18,28,30,37H,9,16-17,19-21H2,1-4H3,(H,35,38). The molecule has 0 saturated heterocycles. The minimum atomic E-state index is -3.98. The zero-order valence-electron chi connectivity index (χ0n) is 26.2. The Balaban J connectivity index is 1.64. The Morgan fingerprint density at radius 2 is 1.80 bits per heavy atom. The summed E-state index contributed by atoms with van der Waals surface area (Å²) in [7, 11) is -1.01. The molecule has 2 amide bonds. The number of ether oxygens (including phenoxy) is 3. The van der Waals surface area contributed by atoms with Crippen molar-refractivity contribution in [1.29, 1.82) is 0 Å². The lowest BCUT2D eigenvalue weighted by atomic mass is 9.92. The van der Waals surface area contributed by atoms with E-state index in [0.29, 0.717) is 45.5 Å². The zero-order valence-corrected chi connectivity index (χ0v) is 28.6. The third-order valence-corrected chi connectivity index (χ3v) is 10.0. The number of anilines is 1. The quantitative estimate of drug-likeness (QED) is 0.173.